The van der Waals surface area contributed by atoms with Crippen molar-refractivity contribution in [2.45, 2.75) is 38.2 Å². The monoisotopic (exact) mass is 365 g/mol. The molecular formula is C18H27N3O3S. The molecule has 1 aliphatic heterocycles. The zero-order chi connectivity index (χ0) is 18.4. The van der Waals surface area contributed by atoms with Gasteiger partial charge in [-0.15, -0.1) is 11.3 Å². The van der Waals surface area contributed by atoms with Crippen molar-refractivity contribution in [1.82, 2.24) is 14.8 Å². The van der Waals surface area contributed by atoms with Crippen LogP contribution in [0.5, 0.6) is 0 Å². The summed E-state index contributed by atoms with van der Waals surface area (Å²) in [5.74, 6) is 0.0457. The molecule has 0 N–H and O–H groups in total. The Labute approximate surface area is 153 Å². The Hall–Kier alpha value is -1.73. The lowest BCUT2D eigenvalue weighted by molar-refractivity contribution is -0.138. The molecule has 0 unspecified atom stereocenters. The van der Waals surface area contributed by atoms with Crippen LogP contribution in [-0.2, 0) is 14.3 Å². The normalized spacial score (nSPS) is 20.9. The van der Waals surface area contributed by atoms with Gasteiger partial charge >= 0.3 is 0 Å². The first-order valence-corrected chi connectivity index (χ1v) is 9.37. The average molecular weight is 365 g/mol. The van der Waals surface area contributed by atoms with E-state index in [-0.39, 0.29) is 11.8 Å². The fourth-order valence-electron chi connectivity index (χ4n) is 3.04. The Morgan fingerprint density at radius 3 is 2.84 bits per heavy atom. The van der Waals surface area contributed by atoms with Crippen molar-refractivity contribution in [3.05, 3.63) is 22.2 Å². The summed E-state index contributed by atoms with van der Waals surface area (Å²) in [6.07, 6.45) is 6.12. The topological polar surface area (TPSA) is 62.7 Å². The highest BCUT2D eigenvalue weighted by molar-refractivity contribution is 7.09. The maximum Gasteiger partial charge on any atom is 0.246 e. The van der Waals surface area contributed by atoms with Gasteiger partial charge in [-0.3, -0.25) is 9.59 Å². The molecule has 7 heteroatoms. The number of methoxy groups -OCH3 is 1. The number of ether oxygens (including phenoxy) is 1. The Morgan fingerprint density at radius 2 is 2.24 bits per heavy atom. The van der Waals surface area contributed by atoms with E-state index >= 15 is 0 Å². The van der Waals surface area contributed by atoms with Crippen LogP contribution in [-0.4, -0.2) is 66.5 Å². The SMILES string of the molecule is CO[C@@]1(CCC(=O)N(C)C)CCCN(C(=O)/C=C/c2csc(C)n2)C1. The lowest BCUT2D eigenvalue weighted by atomic mass is 9.87. The molecule has 1 aromatic rings. The zero-order valence-electron chi connectivity index (χ0n) is 15.4. The first kappa shape index (κ1) is 19.6. The predicted octanol–water partition coefficient (Wildman–Crippen LogP) is 2.34. The summed E-state index contributed by atoms with van der Waals surface area (Å²) in [5.41, 5.74) is 0.368. The first-order valence-electron chi connectivity index (χ1n) is 8.50. The Balaban J connectivity index is 1.98. The number of thiazole rings is 1. The molecule has 0 aromatic carbocycles. The van der Waals surface area contributed by atoms with E-state index in [4.69, 9.17) is 4.74 Å². The van der Waals surface area contributed by atoms with E-state index in [1.807, 2.05) is 17.2 Å². The number of aryl methyl sites for hydroxylation is 1. The summed E-state index contributed by atoms with van der Waals surface area (Å²) in [7, 11) is 5.18. The maximum atomic E-state index is 12.5. The van der Waals surface area contributed by atoms with Gasteiger partial charge in [-0.05, 0) is 32.3 Å². The summed E-state index contributed by atoms with van der Waals surface area (Å²) in [6.45, 7) is 3.17. The lowest BCUT2D eigenvalue weighted by Gasteiger charge is -2.41. The molecular weight excluding hydrogens is 338 g/mol. The predicted molar refractivity (Wildman–Crippen MR) is 99.4 cm³/mol. The van der Waals surface area contributed by atoms with Crippen molar-refractivity contribution in [2.24, 2.45) is 0 Å². The fourth-order valence-corrected chi connectivity index (χ4v) is 3.62. The Morgan fingerprint density at radius 1 is 1.48 bits per heavy atom. The smallest absolute Gasteiger partial charge is 0.246 e. The third-order valence-corrected chi connectivity index (χ3v) is 5.40. The molecule has 6 nitrogen and oxygen atoms in total. The van der Waals surface area contributed by atoms with Crippen molar-refractivity contribution >= 4 is 29.2 Å². The van der Waals surface area contributed by atoms with Gasteiger partial charge < -0.3 is 14.5 Å². The molecule has 2 amide bonds. The second-order valence-electron chi connectivity index (χ2n) is 6.66. The minimum atomic E-state index is -0.440. The average Bonchev–Trinajstić information content (AvgIpc) is 3.03. The highest BCUT2D eigenvalue weighted by Crippen LogP contribution is 2.29. The quantitative estimate of drug-likeness (QED) is 0.726. The number of nitrogens with zero attached hydrogens (tertiary/aromatic N) is 3. The first-order chi connectivity index (χ1) is 11.8. The molecule has 0 bridgehead atoms. The summed E-state index contributed by atoms with van der Waals surface area (Å²) >= 11 is 1.56. The van der Waals surface area contributed by atoms with E-state index in [2.05, 4.69) is 4.98 Å². The van der Waals surface area contributed by atoms with Gasteiger partial charge in [0.1, 0.15) is 0 Å². The molecule has 1 saturated heterocycles. The van der Waals surface area contributed by atoms with Gasteiger partial charge in [0.2, 0.25) is 11.8 Å². The number of hydrogen-bond donors (Lipinski definition) is 0. The van der Waals surface area contributed by atoms with Crippen molar-refractivity contribution in [3.63, 3.8) is 0 Å². The molecule has 0 saturated carbocycles. The van der Waals surface area contributed by atoms with Crippen molar-refractivity contribution < 1.29 is 14.3 Å². The summed E-state index contributed by atoms with van der Waals surface area (Å²) in [5, 5.41) is 2.91. The largest absolute Gasteiger partial charge is 0.376 e. The van der Waals surface area contributed by atoms with E-state index in [9.17, 15) is 9.59 Å². The summed E-state index contributed by atoms with van der Waals surface area (Å²) in [6, 6.07) is 0. The van der Waals surface area contributed by atoms with Crippen molar-refractivity contribution in [2.75, 3.05) is 34.3 Å². The van der Waals surface area contributed by atoms with Crippen LogP contribution in [0.15, 0.2) is 11.5 Å². The third kappa shape index (κ3) is 5.37. The van der Waals surface area contributed by atoms with E-state index in [0.717, 1.165) is 23.5 Å². The number of carbonyl (C=O) groups excluding carboxylic acids is 2. The molecule has 1 fully saturated rings. The molecule has 1 aliphatic rings. The van der Waals surface area contributed by atoms with Crippen LogP contribution < -0.4 is 0 Å². The summed E-state index contributed by atoms with van der Waals surface area (Å²) in [4.78, 5) is 32.1. The van der Waals surface area contributed by atoms with E-state index < -0.39 is 5.60 Å². The zero-order valence-corrected chi connectivity index (χ0v) is 16.3. The number of likely N-dealkylation sites (tertiary alicyclic amines) is 1. The van der Waals surface area contributed by atoms with Crippen LogP contribution in [0.2, 0.25) is 0 Å². The van der Waals surface area contributed by atoms with Crippen molar-refractivity contribution in [1.29, 1.82) is 0 Å². The van der Waals surface area contributed by atoms with Gasteiger partial charge in [0.05, 0.1) is 16.3 Å². The van der Waals surface area contributed by atoms with Gasteiger partial charge in [0.15, 0.2) is 0 Å². The lowest BCUT2D eigenvalue weighted by Crippen LogP contribution is -2.51. The van der Waals surface area contributed by atoms with Gasteiger partial charge in [0, 0.05) is 52.2 Å². The Kier molecular flexibility index (Phi) is 6.72. The molecule has 2 rings (SSSR count). The molecule has 138 valence electrons. The second kappa shape index (κ2) is 8.58. The molecule has 1 aromatic heterocycles. The van der Waals surface area contributed by atoms with Gasteiger partial charge in [0.25, 0.3) is 0 Å². The molecule has 0 aliphatic carbocycles. The Bertz CT molecular complexity index is 641. The van der Waals surface area contributed by atoms with Crippen molar-refractivity contribution in [3.8, 4) is 0 Å². The third-order valence-electron chi connectivity index (χ3n) is 4.61. The minimum absolute atomic E-state index is 0.0364. The molecule has 2 heterocycles. The van der Waals surface area contributed by atoms with Crippen LogP contribution in [0, 0.1) is 6.92 Å². The van der Waals surface area contributed by atoms with E-state index in [1.54, 1.807) is 49.6 Å². The van der Waals surface area contributed by atoms with Crippen LogP contribution >= 0.6 is 11.3 Å². The van der Waals surface area contributed by atoms with E-state index in [1.165, 1.54) is 0 Å². The maximum absolute atomic E-state index is 12.5. The van der Waals surface area contributed by atoms with Crippen LogP contribution in [0.4, 0.5) is 0 Å². The number of rotatable bonds is 6. The number of aromatic nitrogens is 1. The van der Waals surface area contributed by atoms with Gasteiger partial charge in [-0.1, -0.05) is 0 Å². The minimum Gasteiger partial charge on any atom is -0.376 e. The number of amides is 2. The second-order valence-corrected chi connectivity index (χ2v) is 7.73. The van der Waals surface area contributed by atoms with E-state index in [0.29, 0.717) is 25.9 Å². The number of carbonyl (C=O) groups is 2. The van der Waals surface area contributed by atoms with Crippen LogP contribution in [0.1, 0.15) is 36.4 Å². The summed E-state index contributed by atoms with van der Waals surface area (Å²) < 4.78 is 5.76. The fraction of sp³-hybridized carbons (Fsp3) is 0.611. The molecule has 25 heavy (non-hydrogen) atoms. The van der Waals surface area contributed by atoms with Crippen LogP contribution in [0.3, 0.4) is 0 Å². The number of piperidine rings is 1. The number of hydrogen-bond acceptors (Lipinski definition) is 5. The van der Waals surface area contributed by atoms with Gasteiger partial charge in [-0.2, -0.15) is 0 Å². The van der Waals surface area contributed by atoms with Crippen LogP contribution in [0.25, 0.3) is 6.08 Å². The van der Waals surface area contributed by atoms with Gasteiger partial charge in [-0.25, -0.2) is 4.98 Å². The highest BCUT2D eigenvalue weighted by Gasteiger charge is 2.37. The molecule has 0 radical (unpaired) electrons. The standard InChI is InChI=1S/C18H27N3O3S/c1-14-19-15(12-25-14)6-7-17(23)21-11-5-9-18(13-21,24-4)10-8-16(22)20(2)3/h6-7,12H,5,8-11,13H2,1-4H3/b7-6+/t18-/m1/s1. The molecule has 0 spiro atoms. The molecule has 1 atom stereocenters. The highest BCUT2D eigenvalue weighted by atomic mass is 32.1.